The summed E-state index contributed by atoms with van der Waals surface area (Å²) in [5.41, 5.74) is 0.385. The maximum absolute atomic E-state index is 8.98. The molecule has 100 valence electrons. The molecule has 6 nitrogen and oxygen atoms in total. The lowest BCUT2D eigenvalue weighted by molar-refractivity contribution is 0.295. The van der Waals surface area contributed by atoms with Gasteiger partial charge in [-0.05, 0) is 12.1 Å². The van der Waals surface area contributed by atoms with Gasteiger partial charge in [0.2, 0.25) is 0 Å². The highest BCUT2D eigenvalue weighted by molar-refractivity contribution is 5.36. The van der Waals surface area contributed by atoms with Crippen LogP contribution in [0.5, 0.6) is 11.5 Å². The molecule has 1 aromatic heterocycles. The lowest BCUT2D eigenvalue weighted by Crippen LogP contribution is -2.09. The van der Waals surface area contributed by atoms with Crippen LogP contribution in [0.1, 0.15) is 11.4 Å². The van der Waals surface area contributed by atoms with Crippen molar-refractivity contribution in [3.63, 3.8) is 0 Å². The summed E-state index contributed by atoms with van der Waals surface area (Å²) in [6.45, 7) is 0.803. The van der Waals surface area contributed by atoms with Gasteiger partial charge in [0.05, 0.1) is 20.0 Å². The Kier molecular flexibility index (Phi) is 4.21. The molecule has 1 aromatic carbocycles. The van der Waals surface area contributed by atoms with Gasteiger partial charge in [0.15, 0.2) is 11.4 Å². The molecule has 0 aliphatic carbocycles. The monoisotopic (exact) mass is 268 g/mol. The third kappa shape index (κ3) is 2.88. The Morgan fingerprint density at radius 1 is 1.25 bits per heavy atom. The van der Waals surface area contributed by atoms with Crippen molar-refractivity contribution in [2.45, 2.75) is 6.54 Å². The van der Waals surface area contributed by atoms with Crippen LogP contribution in [0.25, 0.3) is 0 Å². The van der Waals surface area contributed by atoms with Crippen molar-refractivity contribution >= 4 is 0 Å². The van der Waals surface area contributed by atoms with Crippen molar-refractivity contribution in [2.75, 3.05) is 13.7 Å². The van der Waals surface area contributed by atoms with E-state index in [1.54, 1.807) is 17.7 Å². The Morgan fingerprint density at radius 3 is 2.75 bits per heavy atom. The molecule has 0 N–H and O–H groups in total. The van der Waals surface area contributed by atoms with Crippen molar-refractivity contribution in [3.8, 4) is 23.6 Å². The summed E-state index contributed by atoms with van der Waals surface area (Å²) in [4.78, 5) is 3.86. The summed E-state index contributed by atoms with van der Waals surface area (Å²) < 4.78 is 12.3. The van der Waals surface area contributed by atoms with Crippen molar-refractivity contribution in [1.29, 1.82) is 10.5 Å². The van der Waals surface area contributed by atoms with Gasteiger partial charge in [-0.1, -0.05) is 6.07 Å². The molecule has 0 amide bonds. The maximum Gasteiger partial charge on any atom is 0.176 e. The van der Waals surface area contributed by atoms with E-state index in [0.29, 0.717) is 18.9 Å². The minimum Gasteiger partial charge on any atom is -0.497 e. The van der Waals surface area contributed by atoms with Crippen LogP contribution in [-0.4, -0.2) is 23.3 Å². The molecule has 0 unspecified atom stereocenters. The summed E-state index contributed by atoms with van der Waals surface area (Å²) in [7, 11) is 1.59. The number of hydrogen-bond acceptors (Lipinski definition) is 5. The van der Waals surface area contributed by atoms with E-state index in [1.807, 2.05) is 30.3 Å². The van der Waals surface area contributed by atoms with Crippen molar-refractivity contribution in [3.05, 3.63) is 42.0 Å². The predicted octanol–water partition coefficient (Wildman–Crippen LogP) is 1.71. The molecule has 0 radical (unpaired) electrons. The second kappa shape index (κ2) is 6.26. The molecule has 2 rings (SSSR count). The first-order valence-corrected chi connectivity index (χ1v) is 5.90. The van der Waals surface area contributed by atoms with Crippen molar-refractivity contribution in [2.24, 2.45) is 0 Å². The van der Waals surface area contributed by atoms with E-state index in [1.165, 1.54) is 6.33 Å². The second-order valence-corrected chi connectivity index (χ2v) is 3.89. The first-order chi connectivity index (χ1) is 9.78. The van der Waals surface area contributed by atoms with Gasteiger partial charge in [-0.3, -0.25) is 0 Å². The number of hydrogen-bond donors (Lipinski definition) is 0. The maximum atomic E-state index is 8.98. The van der Waals surface area contributed by atoms with Gasteiger partial charge in [-0.15, -0.1) is 0 Å². The zero-order chi connectivity index (χ0) is 14.4. The fourth-order valence-electron chi connectivity index (χ4n) is 1.70. The summed E-state index contributed by atoms with van der Waals surface area (Å²) in [5, 5.41) is 17.8. The quantitative estimate of drug-likeness (QED) is 0.824. The van der Waals surface area contributed by atoms with Crippen LogP contribution < -0.4 is 9.47 Å². The summed E-state index contributed by atoms with van der Waals surface area (Å²) >= 11 is 0. The van der Waals surface area contributed by atoms with Crippen LogP contribution in [0.3, 0.4) is 0 Å². The molecule has 6 heteroatoms. The Labute approximate surface area is 116 Å². The number of aromatic nitrogens is 2. The average Bonchev–Trinajstić information content (AvgIpc) is 2.89. The molecule has 0 aliphatic heterocycles. The molecular weight excluding hydrogens is 256 g/mol. The Morgan fingerprint density at radius 2 is 2.05 bits per heavy atom. The lowest BCUT2D eigenvalue weighted by Gasteiger charge is -2.08. The number of rotatable bonds is 5. The first kappa shape index (κ1) is 13.4. The van der Waals surface area contributed by atoms with Gasteiger partial charge in [0.25, 0.3) is 0 Å². The Bertz CT molecular complexity index is 679. The van der Waals surface area contributed by atoms with Gasteiger partial charge in [0.1, 0.15) is 30.2 Å². The summed E-state index contributed by atoms with van der Waals surface area (Å²) in [6.07, 6.45) is 1.46. The summed E-state index contributed by atoms with van der Waals surface area (Å²) in [5.74, 6) is 1.40. The van der Waals surface area contributed by atoms with E-state index in [0.717, 1.165) is 5.75 Å². The highest BCUT2D eigenvalue weighted by Gasteiger charge is 2.09. The number of methoxy groups -OCH3 is 1. The van der Waals surface area contributed by atoms with Crippen LogP contribution in [0.15, 0.2) is 30.6 Å². The molecule has 20 heavy (non-hydrogen) atoms. The van der Waals surface area contributed by atoms with Gasteiger partial charge in [-0.2, -0.15) is 10.5 Å². The SMILES string of the molecule is COc1cccc(OCCn2cnc(C#N)c2C#N)c1. The topological polar surface area (TPSA) is 83.9 Å². The van der Waals surface area contributed by atoms with E-state index in [9.17, 15) is 0 Å². The Balaban J connectivity index is 1.98. The highest BCUT2D eigenvalue weighted by atomic mass is 16.5. The average molecular weight is 268 g/mol. The first-order valence-electron chi connectivity index (χ1n) is 5.90. The second-order valence-electron chi connectivity index (χ2n) is 3.89. The van der Waals surface area contributed by atoms with Gasteiger partial charge in [0, 0.05) is 6.07 Å². The lowest BCUT2D eigenvalue weighted by atomic mass is 10.3. The third-order valence-corrected chi connectivity index (χ3v) is 2.69. The molecule has 0 fully saturated rings. The smallest absolute Gasteiger partial charge is 0.176 e. The van der Waals surface area contributed by atoms with Gasteiger partial charge < -0.3 is 14.0 Å². The van der Waals surface area contributed by atoms with Gasteiger partial charge in [-0.25, -0.2) is 4.98 Å². The molecule has 0 saturated carbocycles. The standard InChI is InChI=1S/C14H12N4O2/c1-19-11-3-2-4-12(7-11)20-6-5-18-10-17-13(8-15)14(18)9-16/h2-4,7,10H,5-6H2,1H3. The molecule has 0 atom stereocenters. The van der Waals surface area contributed by atoms with Crippen LogP contribution in [-0.2, 0) is 6.54 Å². The molecule has 2 aromatic rings. The fourth-order valence-corrected chi connectivity index (χ4v) is 1.70. The number of imidazole rings is 1. The minimum atomic E-state index is 0.133. The zero-order valence-electron chi connectivity index (χ0n) is 10.9. The fraction of sp³-hybridized carbons (Fsp3) is 0.214. The van der Waals surface area contributed by atoms with Crippen LogP contribution in [0.4, 0.5) is 0 Å². The minimum absolute atomic E-state index is 0.133. The Hall–Kier alpha value is -2.99. The van der Waals surface area contributed by atoms with Crippen molar-refractivity contribution < 1.29 is 9.47 Å². The number of ether oxygens (including phenoxy) is 2. The highest BCUT2D eigenvalue weighted by Crippen LogP contribution is 2.18. The van der Waals surface area contributed by atoms with Crippen LogP contribution in [0, 0.1) is 22.7 Å². The number of nitriles is 2. The molecular formula is C14H12N4O2. The van der Waals surface area contributed by atoms with E-state index < -0.39 is 0 Å². The summed E-state index contributed by atoms with van der Waals surface area (Å²) in [6, 6.07) is 11.1. The normalized spacial score (nSPS) is 9.55. The largest absolute Gasteiger partial charge is 0.497 e. The van der Waals surface area contributed by atoms with Crippen LogP contribution in [0.2, 0.25) is 0 Å². The van der Waals surface area contributed by atoms with E-state index >= 15 is 0 Å². The number of nitrogens with zero attached hydrogens (tertiary/aromatic N) is 4. The van der Waals surface area contributed by atoms with E-state index in [2.05, 4.69) is 4.98 Å². The number of benzene rings is 1. The third-order valence-electron chi connectivity index (χ3n) is 2.69. The van der Waals surface area contributed by atoms with E-state index in [-0.39, 0.29) is 11.4 Å². The van der Waals surface area contributed by atoms with E-state index in [4.69, 9.17) is 20.0 Å². The molecule has 0 bridgehead atoms. The molecule has 0 saturated heterocycles. The predicted molar refractivity (Wildman–Crippen MR) is 70.1 cm³/mol. The molecule has 1 heterocycles. The van der Waals surface area contributed by atoms with Gasteiger partial charge >= 0.3 is 0 Å². The van der Waals surface area contributed by atoms with Crippen LogP contribution >= 0.6 is 0 Å². The molecule has 0 aliphatic rings. The molecule has 0 spiro atoms. The van der Waals surface area contributed by atoms with Crippen molar-refractivity contribution in [1.82, 2.24) is 9.55 Å². The zero-order valence-corrected chi connectivity index (χ0v) is 10.9.